The summed E-state index contributed by atoms with van der Waals surface area (Å²) in [5.41, 5.74) is 1.16. The molecular weight excluding hydrogens is 260 g/mol. The highest BCUT2D eigenvalue weighted by molar-refractivity contribution is 5.87. The fraction of sp³-hybridized carbons (Fsp3) is 0.632. The lowest BCUT2D eigenvalue weighted by Gasteiger charge is -2.44. The first-order valence-corrected chi connectivity index (χ1v) is 8.32. The number of Topliss-reactive ketones (excluding diaryl/α,β-unsaturated/α-hetero) is 1. The summed E-state index contributed by atoms with van der Waals surface area (Å²) in [6.45, 7) is 4.57. The molecule has 0 amide bonds. The molecule has 1 aromatic rings. The molecule has 114 valence electrons. The van der Waals surface area contributed by atoms with Crippen LogP contribution in [0.3, 0.4) is 0 Å². The molecule has 2 aliphatic carbocycles. The summed E-state index contributed by atoms with van der Waals surface area (Å²) in [4.78, 5) is 12.3. The van der Waals surface area contributed by atoms with Crippen molar-refractivity contribution in [2.45, 2.75) is 52.4 Å². The van der Waals surface area contributed by atoms with E-state index in [-0.39, 0.29) is 5.41 Å². The minimum absolute atomic E-state index is 0.0456. The molecule has 2 fully saturated rings. The molecule has 0 bridgehead atoms. The molecule has 2 saturated carbocycles. The normalized spacial score (nSPS) is 35.7. The van der Waals surface area contributed by atoms with E-state index in [2.05, 4.69) is 19.9 Å². The minimum atomic E-state index is -0.0456. The zero-order valence-corrected chi connectivity index (χ0v) is 13.1. The van der Waals surface area contributed by atoms with Gasteiger partial charge >= 0.3 is 0 Å². The number of phenolic OH excluding ortho intramolecular Hbond substituents is 1. The first kappa shape index (κ1) is 14.6. The third-order valence-electron chi connectivity index (χ3n) is 6.18. The molecule has 0 heterocycles. The van der Waals surface area contributed by atoms with Gasteiger partial charge in [-0.05, 0) is 67.6 Å². The van der Waals surface area contributed by atoms with E-state index in [1.165, 1.54) is 12.0 Å². The quantitative estimate of drug-likeness (QED) is 0.896. The Morgan fingerprint density at radius 3 is 2.90 bits per heavy atom. The van der Waals surface area contributed by atoms with E-state index in [4.69, 9.17) is 0 Å². The van der Waals surface area contributed by atoms with Crippen molar-refractivity contribution in [3.05, 3.63) is 29.8 Å². The molecule has 2 heteroatoms. The van der Waals surface area contributed by atoms with Gasteiger partial charge in [0.15, 0.2) is 0 Å². The molecule has 2 nitrogen and oxygen atoms in total. The molecule has 0 spiro atoms. The second-order valence-electron chi connectivity index (χ2n) is 7.37. The molecule has 1 N–H and O–H groups in total. The summed E-state index contributed by atoms with van der Waals surface area (Å²) in [5, 5.41) is 9.58. The highest BCUT2D eigenvalue weighted by Crippen LogP contribution is 2.55. The summed E-state index contributed by atoms with van der Waals surface area (Å²) in [6, 6.07) is 7.59. The van der Waals surface area contributed by atoms with Crippen molar-refractivity contribution >= 4 is 5.78 Å². The first-order valence-electron chi connectivity index (χ1n) is 8.32. The van der Waals surface area contributed by atoms with Gasteiger partial charge in [-0.1, -0.05) is 26.0 Å². The zero-order chi connectivity index (χ0) is 15.0. The van der Waals surface area contributed by atoms with Crippen LogP contribution in [0.2, 0.25) is 0 Å². The molecule has 2 aliphatic rings. The van der Waals surface area contributed by atoms with Crippen LogP contribution < -0.4 is 0 Å². The maximum Gasteiger partial charge on any atom is 0.139 e. The van der Waals surface area contributed by atoms with Crippen LogP contribution in [0.4, 0.5) is 0 Å². The average Bonchev–Trinajstić information content (AvgIpc) is 2.75. The van der Waals surface area contributed by atoms with E-state index in [0.717, 1.165) is 32.1 Å². The number of aromatic hydroxyl groups is 1. The fourth-order valence-electron chi connectivity index (χ4n) is 4.78. The Morgan fingerprint density at radius 2 is 2.14 bits per heavy atom. The van der Waals surface area contributed by atoms with Crippen molar-refractivity contribution in [3.8, 4) is 5.75 Å². The second kappa shape index (κ2) is 5.47. The van der Waals surface area contributed by atoms with Crippen LogP contribution in [0, 0.1) is 23.2 Å². The Bertz CT molecular complexity index is 536. The molecular formula is C19H26O2. The number of phenols is 1. The standard InChI is InChI=1S/C19H26O2/c1-13-10-11-19(2)17(8-9-18(19)21)16(13)7-6-14-4-3-5-15(20)12-14/h3-5,12-13,16-17,20H,6-11H2,1-2H3/t13-,16+,17-,19-/m0/s1. The number of ketones is 1. The van der Waals surface area contributed by atoms with E-state index < -0.39 is 0 Å². The molecule has 1 aromatic carbocycles. The van der Waals surface area contributed by atoms with Gasteiger partial charge in [-0.25, -0.2) is 0 Å². The number of aryl methyl sites for hydroxylation is 1. The number of carbonyl (C=O) groups excluding carboxylic acids is 1. The van der Waals surface area contributed by atoms with Crippen LogP contribution in [0.1, 0.15) is 51.5 Å². The smallest absolute Gasteiger partial charge is 0.139 e. The topological polar surface area (TPSA) is 37.3 Å². The van der Waals surface area contributed by atoms with Gasteiger partial charge in [-0.15, -0.1) is 0 Å². The highest BCUT2D eigenvalue weighted by atomic mass is 16.3. The third-order valence-corrected chi connectivity index (χ3v) is 6.18. The predicted octanol–water partition coefficient (Wildman–Crippen LogP) is 4.36. The van der Waals surface area contributed by atoms with Gasteiger partial charge < -0.3 is 5.11 Å². The average molecular weight is 286 g/mol. The SMILES string of the molecule is C[C@H]1CC[C@]2(C)C(=O)CC[C@H]2[C@@H]1CCc1cccc(O)c1. The largest absolute Gasteiger partial charge is 0.508 e. The number of benzene rings is 1. The van der Waals surface area contributed by atoms with Gasteiger partial charge in [-0.3, -0.25) is 4.79 Å². The van der Waals surface area contributed by atoms with E-state index in [0.29, 0.717) is 29.3 Å². The van der Waals surface area contributed by atoms with E-state index in [1.54, 1.807) is 6.07 Å². The molecule has 21 heavy (non-hydrogen) atoms. The summed E-state index contributed by atoms with van der Waals surface area (Å²) in [7, 11) is 0. The van der Waals surface area contributed by atoms with Crippen LogP contribution in [0.15, 0.2) is 24.3 Å². The zero-order valence-electron chi connectivity index (χ0n) is 13.1. The monoisotopic (exact) mass is 286 g/mol. The van der Waals surface area contributed by atoms with Crippen molar-refractivity contribution in [1.82, 2.24) is 0 Å². The highest BCUT2D eigenvalue weighted by Gasteiger charge is 2.52. The first-order chi connectivity index (χ1) is 10.0. The van der Waals surface area contributed by atoms with Crippen LogP contribution in [-0.2, 0) is 11.2 Å². The Labute approximate surface area is 127 Å². The van der Waals surface area contributed by atoms with Crippen molar-refractivity contribution in [2.24, 2.45) is 23.2 Å². The lowest BCUT2D eigenvalue weighted by Crippen LogP contribution is -2.41. The van der Waals surface area contributed by atoms with Gasteiger partial charge in [0, 0.05) is 11.8 Å². The fourth-order valence-corrected chi connectivity index (χ4v) is 4.78. The Balaban J connectivity index is 1.73. The maximum atomic E-state index is 12.3. The van der Waals surface area contributed by atoms with E-state index >= 15 is 0 Å². The molecule has 0 saturated heterocycles. The summed E-state index contributed by atoms with van der Waals surface area (Å²) in [6.07, 6.45) is 6.28. The summed E-state index contributed by atoms with van der Waals surface area (Å²) in [5.74, 6) is 2.79. The van der Waals surface area contributed by atoms with Gasteiger partial charge in [0.2, 0.25) is 0 Å². The molecule has 0 aromatic heterocycles. The number of hydrogen-bond donors (Lipinski definition) is 1. The lowest BCUT2D eigenvalue weighted by molar-refractivity contribution is -0.129. The molecule has 0 radical (unpaired) electrons. The van der Waals surface area contributed by atoms with Gasteiger partial charge in [0.25, 0.3) is 0 Å². The van der Waals surface area contributed by atoms with Crippen molar-refractivity contribution in [2.75, 3.05) is 0 Å². The Hall–Kier alpha value is -1.31. The van der Waals surface area contributed by atoms with Crippen LogP contribution >= 0.6 is 0 Å². The second-order valence-corrected chi connectivity index (χ2v) is 7.37. The Morgan fingerprint density at radius 1 is 1.33 bits per heavy atom. The van der Waals surface area contributed by atoms with Crippen molar-refractivity contribution in [3.63, 3.8) is 0 Å². The molecule has 3 rings (SSSR count). The van der Waals surface area contributed by atoms with Crippen LogP contribution in [0.25, 0.3) is 0 Å². The van der Waals surface area contributed by atoms with E-state index in [1.807, 2.05) is 12.1 Å². The van der Waals surface area contributed by atoms with Crippen molar-refractivity contribution < 1.29 is 9.90 Å². The molecule has 0 unspecified atom stereocenters. The van der Waals surface area contributed by atoms with Crippen molar-refractivity contribution in [1.29, 1.82) is 0 Å². The lowest BCUT2D eigenvalue weighted by atomic mass is 9.59. The summed E-state index contributed by atoms with van der Waals surface area (Å²) >= 11 is 0. The Kier molecular flexibility index (Phi) is 3.81. The minimum Gasteiger partial charge on any atom is -0.508 e. The predicted molar refractivity (Wildman–Crippen MR) is 84.2 cm³/mol. The van der Waals surface area contributed by atoms with Gasteiger partial charge in [0.05, 0.1) is 0 Å². The van der Waals surface area contributed by atoms with Crippen LogP contribution in [-0.4, -0.2) is 10.9 Å². The molecule has 4 atom stereocenters. The number of hydrogen-bond acceptors (Lipinski definition) is 2. The van der Waals surface area contributed by atoms with Crippen LogP contribution in [0.5, 0.6) is 5.75 Å². The number of rotatable bonds is 3. The maximum absolute atomic E-state index is 12.3. The van der Waals surface area contributed by atoms with E-state index in [9.17, 15) is 9.90 Å². The molecule has 0 aliphatic heterocycles. The number of fused-ring (bicyclic) bond motifs is 1. The van der Waals surface area contributed by atoms with Gasteiger partial charge in [0.1, 0.15) is 11.5 Å². The summed E-state index contributed by atoms with van der Waals surface area (Å²) < 4.78 is 0. The third kappa shape index (κ3) is 2.61. The van der Waals surface area contributed by atoms with Gasteiger partial charge in [-0.2, -0.15) is 0 Å². The number of carbonyl (C=O) groups is 1.